The van der Waals surface area contributed by atoms with Crippen LogP contribution in [0.25, 0.3) is 6.08 Å². The lowest BCUT2D eigenvalue weighted by Gasteiger charge is -2.19. The first-order valence-corrected chi connectivity index (χ1v) is 7.87. The van der Waals surface area contributed by atoms with Crippen molar-refractivity contribution in [3.63, 3.8) is 0 Å². The van der Waals surface area contributed by atoms with E-state index < -0.39 is 17.9 Å². The van der Waals surface area contributed by atoms with Crippen LogP contribution in [0.3, 0.4) is 0 Å². The standard InChI is InChI=1S/C17H20F2N4O/c1-3-15-9(2)16(23-22-15)17(24)21-11-5-13(18)12(14(19)6-11)4-10-7-20-8-10/h4-6,17,20-21,24H,3,7-8H2,1-2H3,(H,22,23). The minimum Gasteiger partial charge on any atom is -0.368 e. The molecule has 24 heavy (non-hydrogen) atoms. The van der Waals surface area contributed by atoms with Gasteiger partial charge in [0.15, 0.2) is 6.23 Å². The third-order valence-electron chi connectivity index (χ3n) is 4.20. The fourth-order valence-corrected chi connectivity index (χ4v) is 2.67. The lowest BCUT2D eigenvalue weighted by Crippen LogP contribution is -2.33. The number of hydrogen-bond acceptors (Lipinski definition) is 4. The van der Waals surface area contributed by atoms with Crippen LogP contribution in [-0.4, -0.2) is 28.4 Å². The van der Waals surface area contributed by atoms with Gasteiger partial charge in [0, 0.05) is 30.0 Å². The van der Waals surface area contributed by atoms with Gasteiger partial charge in [0.25, 0.3) is 0 Å². The molecule has 1 aliphatic heterocycles. The van der Waals surface area contributed by atoms with E-state index in [0.29, 0.717) is 18.8 Å². The molecule has 5 nitrogen and oxygen atoms in total. The van der Waals surface area contributed by atoms with Gasteiger partial charge in [-0.1, -0.05) is 6.92 Å². The minimum absolute atomic E-state index is 0.0595. The van der Waals surface area contributed by atoms with Crippen LogP contribution in [0.15, 0.2) is 17.7 Å². The Hall–Kier alpha value is -2.25. The summed E-state index contributed by atoms with van der Waals surface area (Å²) < 4.78 is 28.3. The number of aliphatic hydroxyl groups excluding tert-OH is 1. The normalized spacial score (nSPS) is 15.1. The van der Waals surface area contributed by atoms with Crippen molar-refractivity contribution in [1.82, 2.24) is 15.5 Å². The van der Waals surface area contributed by atoms with Gasteiger partial charge in [-0.2, -0.15) is 5.10 Å². The maximum atomic E-state index is 14.2. The van der Waals surface area contributed by atoms with Gasteiger partial charge in [0.05, 0.1) is 0 Å². The van der Waals surface area contributed by atoms with E-state index in [9.17, 15) is 13.9 Å². The van der Waals surface area contributed by atoms with Crippen LogP contribution in [-0.2, 0) is 6.42 Å². The molecule has 0 bridgehead atoms. The van der Waals surface area contributed by atoms with E-state index >= 15 is 0 Å². The van der Waals surface area contributed by atoms with Crippen LogP contribution in [0.5, 0.6) is 0 Å². The number of aromatic amines is 1. The first-order valence-electron chi connectivity index (χ1n) is 7.87. The summed E-state index contributed by atoms with van der Waals surface area (Å²) in [7, 11) is 0. The van der Waals surface area contributed by atoms with Gasteiger partial charge in [0.2, 0.25) is 0 Å². The molecule has 1 atom stereocenters. The topological polar surface area (TPSA) is 73.0 Å². The third kappa shape index (κ3) is 3.18. The highest BCUT2D eigenvalue weighted by molar-refractivity contribution is 5.60. The van der Waals surface area contributed by atoms with Gasteiger partial charge in [-0.05, 0) is 42.7 Å². The summed E-state index contributed by atoms with van der Waals surface area (Å²) in [6.45, 7) is 5.11. The molecule has 1 saturated heterocycles. The number of hydrogen-bond donors (Lipinski definition) is 4. The molecule has 4 N–H and O–H groups in total. The fraction of sp³-hybridized carbons (Fsp3) is 0.353. The first kappa shape index (κ1) is 16.6. The average molecular weight is 334 g/mol. The average Bonchev–Trinajstić information content (AvgIpc) is 2.85. The maximum Gasteiger partial charge on any atom is 0.170 e. The molecule has 0 saturated carbocycles. The lowest BCUT2D eigenvalue weighted by atomic mass is 10.1. The number of benzene rings is 1. The van der Waals surface area contributed by atoms with Gasteiger partial charge in [-0.15, -0.1) is 0 Å². The molecule has 2 aromatic rings. The second kappa shape index (κ2) is 6.70. The van der Waals surface area contributed by atoms with Crippen molar-refractivity contribution in [2.75, 3.05) is 18.4 Å². The summed E-state index contributed by atoms with van der Waals surface area (Å²) in [6, 6.07) is 2.35. The molecule has 1 unspecified atom stereocenters. The zero-order valence-corrected chi connectivity index (χ0v) is 13.6. The summed E-state index contributed by atoms with van der Waals surface area (Å²) in [5.41, 5.74) is 3.21. The molecule has 7 heteroatoms. The number of halogens is 2. The van der Waals surface area contributed by atoms with Gasteiger partial charge in [0.1, 0.15) is 17.3 Å². The number of H-pyrrole nitrogens is 1. The van der Waals surface area contributed by atoms with Crippen molar-refractivity contribution in [3.05, 3.63) is 51.9 Å². The maximum absolute atomic E-state index is 14.2. The van der Waals surface area contributed by atoms with Crippen molar-refractivity contribution >= 4 is 11.8 Å². The van der Waals surface area contributed by atoms with Gasteiger partial charge >= 0.3 is 0 Å². The minimum atomic E-state index is -1.15. The zero-order valence-electron chi connectivity index (χ0n) is 13.6. The highest BCUT2D eigenvalue weighted by Gasteiger charge is 2.18. The monoisotopic (exact) mass is 334 g/mol. The zero-order chi connectivity index (χ0) is 17.3. The second-order valence-electron chi connectivity index (χ2n) is 5.87. The fourth-order valence-electron chi connectivity index (χ4n) is 2.67. The number of anilines is 1. The second-order valence-corrected chi connectivity index (χ2v) is 5.87. The Morgan fingerprint density at radius 3 is 2.50 bits per heavy atom. The molecule has 0 aliphatic carbocycles. The number of nitrogens with one attached hydrogen (secondary N) is 3. The van der Waals surface area contributed by atoms with Gasteiger partial charge < -0.3 is 15.7 Å². The molecule has 0 radical (unpaired) electrons. The Labute approximate surface area is 138 Å². The molecule has 0 spiro atoms. The number of rotatable bonds is 5. The van der Waals surface area contributed by atoms with E-state index in [1.807, 2.05) is 13.8 Å². The molecule has 2 heterocycles. The molecule has 1 aliphatic rings. The molecule has 128 valence electrons. The van der Waals surface area contributed by atoms with Crippen molar-refractivity contribution in [2.45, 2.75) is 26.5 Å². The Morgan fingerprint density at radius 2 is 2.00 bits per heavy atom. The first-order chi connectivity index (χ1) is 11.5. The van der Waals surface area contributed by atoms with E-state index in [-0.39, 0.29) is 11.3 Å². The Bertz CT molecular complexity index is 756. The number of aryl methyl sites for hydroxylation is 1. The van der Waals surface area contributed by atoms with E-state index in [1.165, 1.54) is 18.2 Å². The van der Waals surface area contributed by atoms with Crippen molar-refractivity contribution in [3.8, 4) is 0 Å². The van der Waals surface area contributed by atoms with Crippen LogP contribution in [0.1, 0.15) is 35.7 Å². The van der Waals surface area contributed by atoms with E-state index in [4.69, 9.17) is 0 Å². The predicted molar refractivity (Wildman–Crippen MR) is 88.5 cm³/mol. The predicted octanol–water partition coefficient (Wildman–Crippen LogP) is 2.65. The summed E-state index contributed by atoms with van der Waals surface area (Å²) >= 11 is 0. The largest absolute Gasteiger partial charge is 0.368 e. The van der Waals surface area contributed by atoms with Gasteiger partial charge in [-0.25, -0.2) is 8.78 Å². The molecule has 1 fully saturated rings. The highest BCUT2D eigenvalue weighted by Crippen LogP contribution is 2.25. The van der Waals surface area contributed by atoms with Gasteiger partial charge in [-0.3, -0.25) is 5.10 Å². The summed E-state index contributed by atoms with van der Waals surface area (Å²) in [5, 5.41) is 22.9. The number of aliphatic hydroxyl groups is 1. The Morgan fingerprint density at radius 1 is 1.33 bits per heavy atom. The quantitative estimate of drug-likeness (QED) is 0.634. The molecule has 1 aromatic heterocycles. The van der Waals surface area contributed by atoms with E-state index in [0.717, 1.165) is 23.3 Å². The highest BCUT2D eigenvalue weighted by atomic mass is 19.1. The Kier molecular flexibility index (Phi) is 4.64. The molecular weight excluding hydrogens is 314 g/mol. The third-order valence-corrected chi connectivity index (χ3v) is 4.20. The van der Waals surface area contributed by atoms with Crippen LogP contribution >= 0.6 is 0 Å². The summed E-state index contributed by atoms with van der Waals surface area (Å²) in [5.74, 6) is -1.34. The lowest BCUT2D eigenvalue weighted by molar-refractivity contribution is 0.202. The van der Waals surface area contributed by atoms with Crippen molar-refractivity contribution < 1.29 is 13.9 Å². The van der Waals surface area contributed by atoms with E-state index in [1.54, 1.807) is 0 Å². The van der Waals surface area contributed by atoms with Crippen LogP contribution in [0.2, 0.25) is 0 Å². The smallest absolute Gasteiger partial charge is 0.170 e. The van der Waals surface area contributed by atoms with Crippen LogP contribution < -0.4 is 10.6 Å². The molecule has 0 amide bonds. The SMILES string of the molecule is CCc1[nH]nc(C(O)Nc2cc(F)c(C=C3CNC3)c(F)c2)c1C. The number of aromatic nitrogens is 2. The summed E-state index contributed by atoms with van der Waals surface area (Å²) in [4.78, 5) is 0. The Balaban J connectivity index is 1.81. The van der Waals surface area contributed by atoms with Crippen molar-refractivity contribution in [2.24, 2.45) is 0 Å². The molecule has 1 aromatic carbocycles. The van der Waals surface area contributed by atoms with Crippen molar-refractivity contribution in [1.29, 1.82) is 0 Å². The molecular formula is C17H20F2N4O. The summed E-state index contributed by atoms with van der Waals surface area (Å²) in [6.07, 6.45) is 1.13. The number of nitrogens with zero attached hydrogens (tertiary/aromatic N) is 1. The van der Waals surface area contributed by atoms with E-state index in [2.05, 4.69) is 20.8 Å². The molecule has 3 rings (SSSR count). The van der Waals surface area contributed by atoms with Crippen LogP contribution in [0, 0.1) is 18.6 Å². The van der Waals surface area contributed by atoms with Crippen LogP contribution in [0.4, 0.5) is 14.5 Å².